The van der Waals surface area contributed by atoms with Crippen LogP contribution in [-0.2, 0) is 14.3 Å². The fourth-order valence-electron chi connectivity index (χ4n) is 1.32. The van der Waals surface area contributed by atoms with Gasteiger partial charge in [0.1, 0.15) is 0 Å². The Hall–Kier alpha value is -1.10. The first-order chi connectivity index (χ1) is 7.60. The van der Waals surface area contributed by atoms with E-state index in [1.165, 1.54) is 0 Å². The van der Waals surface area contributed by atoms with Gasteiger partial charge in [0.25, 0.3) is 0 Å². The predicted molar refractivity (Wildman–Crippen MR) is 60.2 cm³/mol. The molecule has 16 heavy (non-hydrogen) atoms. The van der Waals surface area contributed by atoms with Crippen LogP contribution in [0.3, 0.4) is 0 Å². The number of nitrogens with one attached hydrogen (secondary N) is 1. The Balaban J connectivity index is 3.60. The molecule has 0 aliphatic heterocycles. The standard InChI is InChI=1S/C11H21NO4/c1-3-9(8-16-2)12-10(13)6-4-5-7-11(14)15/h9H,3-8H2,1-2H3,(H,12,13)(H,14,15). The maximum Gasteiger partial charge on any atom is 0.303 e. The van der Waals surface area contributed by atoms with E-state index in [9.17, 15) is 9.59 Å². The van der Waals surface area contributed by atoms with E-state index in [0.717, 1.165) is 6.42 Å². The molecule has 0 radical (unpaired) electrons. The van der Waals surface area contributed by atoms with Crippen LogP contribution < -0.4 is 5.32 Å². The van der Waals surface area contributed by atoms with E-state index in [0.29, 0.717) is 25.9 Å². The lowest BCUT2D eigenvalue weighted by molar-refractivity contribution is -0.137. The number of carbonyl (C=O) groups excluding carboxylic acids is 1. The third-order valence-corrected chi connectivity index (χ3v) is 2.27. The molecule has 0 rings (SSSR count). The fourth-order valence-corrected chi connectivity index (χ4v) is 1.32. The minimum absolute atomic E-state index is 0.0331. The number of aliphatic carboxylic acids is 1. The SMILES string of the molecule is CCC(COC)NC(=O)CCCCC(=O)O. The second-order valence-corrected chi connectivity index (χ2v) is 3.73. The van der Waals surface area contributed by atoms with Crippen molar-refractivity contribution in [3.05, 3.63) is 0 Å². The number of hydrogen-bond acceptors (Lipinski definition) is 3. The molecule has 0 heterocycles. The second kappa shape index (κ2) is 9.15. The van der Waals surface area contributed by atoms with Gasteiger partial charge in [0.05, 0.1) is 12.6 Å². The molecule has 1 amide bonds. The zero-order valence-electron chi connectivity index (χ0n) is 9.99. The van der Waals surface area contributed by atoms with Crippen molar-refractivity contribution >= 4 is 11.9 Å². The van der Waals surface area contributed by atoms with Gasteiger partial charge in [0.2, 0.25) is 5.91 Å². The van der Waals surface area contributed by atoms with Crippen molar-refractivity contribution in [1.82, 2.24) is 5.32 Å². The molecule has 0 aromatic heterocycles. The number of carbonyl (C=O) groups is 2. The lowest BCUT2D eigenvalue weighted by atomic mass is 10.1. The first kappa shape index (κ1) is 14.9. The number of methoxy groups -OCH3 is 1. The van der Waals surface area contributed by atoms with Crippen LogP contribution >= 0.6 is 0 Å². The molecule has 0 spiro atoms. The third-order valence-electron chi connectivity index (χ3n) is 2.27. The average Bonchev–Trinajstić information content (AvgIpc) is 2.23. The molecule has 0 aliphatic carbocycles. The monoisotopic (exact) mass is 231 g/mol. The van der Waals surface area contributed by atoms with E-state index in [1.54, 1.807) is 7.11 Å². The quantitative estimate of drug-likeness (QED) is 0.584. The van der Waals surface area contributed by atoms with E-state index in [-0.39, 0.29) is 18.4 Å². The summed E-state index contributed by atoms with van der Waals surface area (Å²) < 4.78 is 4.96. The van der Waals surface area contributed by atoms with E-state index in [1.807, 2.05) is 6.92 Å². The van der Waals surface area contributed by atoms with Crippen LogP contribution in [0.15, 0.2) is 0 Å². The number of ether oxygens (including phenoxy) is 1. The molecule has 1 unspecified atom stereocenters. The maximum absolute atomic E-state index is 11.4. The van der Waals surface area contributed by atoms with Crippen molar-refractivity contribution in [2.45, 2.75) is 45.1 Å². The van der Waals surface area contributed by atoms with Gasteiger partial charge in [-0.2, -0.15) is 0 Å². The molecule has 0 bridgehead atoms. The topological polar surface area (TPSA) is 75.6 Å². The van der Waals surface area contributed by atoms with Crippen molar-refractivity contribution in [3.8, 4) is 0 Å². The number of unbranched alkanes of at least 4 members (excludes halogenated alkanes) is 1. The Bertz CT molecular complexity index is 218. The Kier molecular flexibility index (Phi) is 8.52. The maximum atomic E-state index is 11.4. The minimum atomic E-state index is -0.814. The molecule has 2 N–H and O–H groups in total. The van der Waals surface area contributed by atoms with Gasteiger partial charge in [0.15, 0.2) is 0 Å². The van der Waals surface area contributed by atoms with Crippen LogP contribution in [0.25, 0.3) is 0 Å². The summed E-state index contributed by atoms with van der Waals surface area (Å²) in [6, 6.07) is 0.0528. The first-order valence-corrected chi connectivity index (χ1v) is 5.60. The summed E-state index contributed by atoms with van der Waals surface area (Å²) in [6.45, 7) is 2.49. The summed E-state index contributed by atoms with van der Waals surface area (Å²) in [6.07, 6.45) is 2.50. The zero-order chi connectivity index (χ0) is 12.4. The summed E-state index contributed by atoms with van der Waals surface area (Å²) in [4.78, 5) is 21.7. The molecule has 5 nitrogen and oxygen atoms in total. The van der Waals surface area contributed by atoms with Gasteiger partial charge in [-0.05, 0) is 19.3 Å². The van der Waals surface area contributed by atoms with Crippen LogP contribution in [0.5, 0.6) is 0 Å². The summed E-state index contributed by atoms with van der Waals surface area (Å²) in [5.74, 6) is -0.847. The van der Waals surface area contributed by atoms with Crippen LogP contribution in [0, 0.1) is 0 Å². The first-order valence-electron chi connectivity index (χ1n) is 5.60. The molecule has 0 saturated carbocycles. The third kappa shape index (κ3) is 8.23. The van der Waals surface area contributed by atoms with Gasteiger partial charge in [-0.25, -0.2) is 0 Å². The minimum Gasteiger partial charge on any atom is -0.481 e. The van der Waals surface area contributed by atoms with Crippen molar-refractivity contribution < 1.29 is 19.4 Å². The summed E-state index contributed by atoms with van der Waals surface area (Å²) in [7, 11) is 1.60. The summed E-state index contributed by atoms with van der Waals surface area (Å²) in [5.41, 5.74) is 0. The normalized spacial score (nSPS) is 12.1. The molecular weight excluding hydrogens is 210 g/mol. The highest BCUT2D eigenvalue weighted by Gasteiger charge is 2.09. The molecule has 0 aromatic rings. The molecule has 94 valence electrons. The molecule has 5 heteroatoms. The van der Waals surface area contributed by atoms with Crippen LogP contribution in [0.1, 0.15) is 39.0 Å². The van der Waals surface area contributed by atoms with Gasteiger partial charge < -0.3 is 15.2 Å². The Labute approximate surface area is 96.2 Å². The van der Waals surface area contributed by atoms with E-state index in [2.05, 4.69) is 5.32 Å². The molecule has 0 aromatic carbocycles. The molecule has 0 fully saturated rings. The highest BCUT2D eigenvalue weighted by Crippen LogP contribution is 2.01. The van der Waals surface area contributed by atoms with E-state index < -0.39 is 5.97 Å². The van der Waals surface area contributed by atoms with Gasteiger partial charge in [0, 0.05) is 20.0 Å². The highest BCUT2D eigenvalue weighted by atomic mass is 16.5. The largest absolute Gasteiger partial charge is 0.481 e. The van der Waals surface area contributed by atoms with Gasteiger partial charge in [-0.1, -0.05) is 6.92 Å². The second-order valence-electron chi connectivity index (χ2n) is 3.73. The van der Waals surface area contributed by atoms with Gasteiger partial charge >= 0.3 is 5.97 Å². The highest BCUT2D eigenvalue weighted by molar-refractivity contribution is 5.76. The van der Waals surface area contributed by atoms with E-state index >= 15 is 0 Å². The number of rotatable bonds is 9. The molecular formula is C11H21NO4. The fraction of sp³-hybridized carbons (Fsp3) is 0.818. The Morgan fingerprint density at radius 2 is 1.94 bits per heavy atom. The smallest absolute Gasteiger partial charge is 0.303 e. The Morgan fingerprint density at radius 1 is 1.31 bits per heavy atom. The van der Waals surface area contributed by atoms with Crippen molar-refractivity contribution in [2.24, 2.45) is 0 Å². The number of carboxylic acid groups (broad SMARTS) is 1. The molecule has 1 atom stereocenters. The van der Waals surface area contributed by atoms with Crippen molar-refractivity contribution in [1.29, 1.82) is 0 Å². The van der Waals surface area contributed by atoms with Crippen LogP contribution in [-0.4, -0.2) is 36.7 Å². The lowest BCUT2D eigenvalue weighted by Gasteiger charge is -2.15. The molecule has 0 aliphatic rings. The van der Waals surface area contributed by atoms with Crippen molar-refractivity contribution in [2.75, 3.05) is 13.7 Å². The zero-order valence-corrected chi connectivity index (χ0v) is 9.99. The molecule has 0 saturated heterocycles. The summed E-state index contributed by atoms with van der Waals surface area (Å²) >= 11 is 0. The number of carboxylic acids is 1. The number of hydrogen-bond donors (Lipinski definition) is 2. The van der Waals surface area contributed by atoms with Crippen molar-refractivity contribution in [3.63, 3.8) is 0 Å². The Morgan fingerprint density at radius 3 is 2.44 bits per heavy atom. The van der Waals surface area contributed by atoms with E-state index in [4.69, 9.17) is 9.84 Å². The predicted octanol–water partition coefficient (Wildman–Crippen LogP) is 1.17. The van der Waals surface area contributed by atoms with Crippen LogP contribution in [0.2, 0.25) is 0 Å². The average molecular weight is 231 g/mol. The number of amides is 1. The van der Waals surface area contributed by atoms with Gasteiger partial charge in [-0.15, -0.1) is 0 Å². The van der Waals surface area contributed by atoms with Crippen LogP contribution in [0.4, 0.5) is 0 Å². The summed E-state index contributed by atoms with van der Waals surface area (Å²) in [5, 5.41) is 11.3. The lowest BCUT2D eigenvalue weighted by Crippen LogP contribution is -2.37. The van der Waals surface area contributed by atoms with Gasteiger partial charge in [-0.3, -0.25) is 9.59 Å².